The van der Waals surface area contributed by atoms with Gasteiger partial charge in [-0.2, -0.15) is 0 Å². The minimum Gasteiger partial charge on any atom is -0.317 e. The molecule has 0 spiro atoms. The quantitative estimate of drug-likeness (QED) is 0.598. The Morgan fingerprint density at radius 3 is 2.36 bits per heavy atom. The summed E-state index contributed by atoms with van der Waals surface area (Å²) in [5, 5.41) is 3.41. The minimum absolute atomic E-state index is 0.558. The fourth-order valence-electron chi connectivity index (χ4n) is 1.71. The molecular formula is C9H18IN. The zero-order valence-electron chi connectivity index (χ0n) is 7.49. The van der Waals surface area contributed by atoms with Gasteiger partial charge in [0.1, 0.15) is 0 Å². The number of nitrogens with one attached hydrogen (secondary N) is 1. The summed E-state index contributed by atoms with van der Waals surface area (Å²) in [5.74, 6) is 0.945. The Morgan fingerprint density at radius 2 is 1.91 bits per heavy atom. The van der Waals surface area contributed by atoms with Gasteiger partial charge in [-0.25, -0.2) is 0 Å². The monoisotopic (exact) mass is 267 g/mol. The van der Waals surface area contributed by atoms with Gasteiger partial charge in [0.25, 0.3) is 0 Å². The van der Waals surface area contributed by atoms with Crippen LogP contribution in [0.15, 0.2) is 0 Å². The standard InChI is InChI=1S/C9H18IN/c1-9(2,7-10)8-3-5-11-6-4-8/h8,11H,3-7H2,1-2H3. The molecule has 0 aromatic heterocycles. The first-order valence-corrected chi connectivity index (χ1v) is 5.96. The Bertz CT molecular complexity index is 117. The molecule has 0 radical (unpaired) electrons. The number of hydrogen-bond acceptors (Lipinski definition) is 1. The van der Waals surface area contributed by atoms with Gasteiger partial charge in [-0.1, -0.05) is 36.4 Å². The molecule has 0 bridgehead atoms. The molecule has 1 aliphatic rings. The zero-order valence-corrected chi connectivity index (χ0v) is 9.65. The second kappa shape index (κ2) is 4.08. The van der Waals surface area contributed by atoms with Crippen molar-refractivity contribution < 1.29 is 0 Å². The lowest BCUT2D eigenvalue weighted by Gasteiger charge is -2.35. The molecule has 2 heteroatoms. The van der Waals surface area contributed by atoms with E-state index >= 15 is 0 Å². The van der Waals surface area contributed by atoms with Crippen LogP contribution in [-0.4, -0.2) is 17.5 Å². The van der Waals surface area contributed by atoms with Gasteiger partial charge in [-0.3, -0.25) is 0 Å². The normalized spacial score (nSPS) is 22.1. The van der Waals surface area contributed by atoms with Crippen LogP contribution in [0.2, 0.25) is 0 Å². The smallest absolute Gasteiger partial charge is 0.00493 e. The van der Waals surface area contributed by atoms with Gasteiger partial charge >= 0.3 is 0 Å². The van der Waals surface area contributed by atoms with Gasteiger partial charge in [0.2, 0.25) is 0 Å². The van der Waals surface area contributed by atoms with Gasteiger partial charge in [0.15, 0.2) is 0 Å². The van der Waals surface area contributed by atoms with Crippen molar-refractivity contribution in [1.82, 2.24) is 5.32 Å². The Kier molecular flexibility index (Phi) is 3.62. The first kappa shape index (κ1) is 9.78. The van der Waals surface area contributed by atoms with Crippen LogP contribution in [-0.2, 0) is 0 Å². The van der Waals surface area contributed by atoms with Crippen LogP contribution in [0.5, 0.6) is 0 Å². The van der Waals surface area contributed by atoms with Crippen LogP contribution in [0.4, 0.5) is 0 Å². The Hall–Kier alpha value is 0.690. The topological polar surface area (TPSA) is 12.0 Å². The average Bonchev–Trinajstić information content (AvgIpc) is 2.06. The maximum atomic E-state index is 3.41. The van der Waals surface area contributed by atoms with Crippen molar-refractivity contribution in [3.63, 3.8) is 0 Å². The summed E-state index contributed by atoms with van der Waals surface area (Å²) < 4.78 is 1.29. The van der Waals surface area contributed by atoms with Gasteiger partial charge < -0.3 is 5.32 Å². The second-order valence-corrected chi connectivity index (χ2v) is 4.91. The highest BCUT2D eigenvalue weighted by Gasteiger charge is 2.28. The maximum Gasteiger partial charge on any atom is 0.00493 e. The van der Waals surface area contributed by atoms with Crippen molar-refractivity contribution >= 4 is 22.6 Å². The molecule has 0 aromatic rings. The summed E-state index contributed by atoms with van der Waals surface area (Å²) in [5.41, 5.74) is 0.558. The molecule has 1 nitrogen and oxygen atoms in total. The van der Waals surface area contributed by atoms with Gasteiger partial charge in [0, 0.05) is 4.43 Å². The predicted octanol–water partition coefficient (Wildman–Crippen LogP) is 2.45. The summed E-state index contributed by atoms with van der Waals surface area (Å²) >= 11 is 2.51. The molecule has 66 valence electrons. The molecule has 1 fully saturated rings. The molecule has 0 atom stereocenters. The highest BCUT2D eigenvalue weighted by atomic mass is 127. The molecule has 1 N–H and O–H groups in total. The second-order valence-electron chi connectivity index (χ2n) is 4.15. The molecule has 11 heavy (non-hydrogen) atoms. The number of hydrogen-bond donors (Lipinski definition) is 1. The zero-order chi connectivity index (χ0) is 8.32. The van der Waals surface area contributed by atoms with Crippen LogP contribution < -0.4 is 5.32 Å². The van der Waals surface area contributed by atoms with E-state index in [4.69, 9.17) is 0 Å². The largest absolute Gasteiger partial charge is 0.317 e. The highest BCUT2D eigenvalue weighted by Crippen LogP contribution is 2.34. The van der Waals surface area contributed by atoms with Crippen molar-refractivity contribution in [1.29, 1.82) is 0 Å². The van der Waals surface area contributed by atoms with Crippen molar-refractivity contribution in [2.75, 3.05) is 17.5 Å². The van der Waals surface area contributed by atoms with Gasteiger partial charge in [-0.15, -0.1) is 0 Å². The van der Waals surface area contributed by atoms with Crippen LogP contribution in [0.1, 0.15) is 26.7 Å². The van der Waals surface area contributed by atoms with Crippen LogP contribution in [0.3, 0.4) is 0 Å². The molecule has 1 heterocycles. The summed E-state index contributed by atoms with van der Waals surface area (Å²) in [6.45, 7) is 7.25. The van der Waals surface area contributed by atoms with Crippen molar-refractivity contribution in [3.05, 3.63) is 0 Å². The Labute approximate surface area is 83.5 Å². The van der Waals surface area contributed by atoms with Crippen LogP contribution in [0.25, 0.3) is 0 Å². The number of alkyl halides is 1. The lowest BCUT2D eigenvalue weighted by molar-refractivity contribution is 0.197. The summed E-state index contributed by atoms with van der Waals surface area (Å²) in [6.07, 6.45) is 2.74. The van der Waals surface area contributed by atoms with Crippen molar-refractivity contribution in [3.8, 4) is 0 Å². The molecule has 1 saturated heterocycles. The van der Waals surface area contributed by atoms with E-state index in [2.05, 4.69) is 41.8 Å². The predicted molar refractivity (Wildman–Crippen MR) is 58.3 cm³/mol. The number of piperidine rings is 1. The third kappa shape index (κ3) is 2.58. The summed E-state index contributed by atoms with van der Waals surface area (Å²) in [4.78, 5) is 0. The fraction of sp³-hybridized carbons (Fsp3) is 1.00. The fourth-order valence-corrected chi connectivity index (χ4v) is 2.34. The molecule has 0 amide bonds. The van der Waals surface area contributed by atoms with Crippen LogP contribution in [0, 0.1) is 11.3 Å². The molecule has 0 saturated carbocycles. The molecular weight excluding hydrogens is 249 g/mol. The number of rotatable bonds is 2. The average molecular weight is 267 g/mol. The first-order chi connectivity index (χ1) is 5.17. The van der Waals surface area contributed by atoms with Crippen molar-refractivity contribution in [2.45, 2.75) is 26.7 Å². The lowest BCUT2D eigenvalue weighted by atomic mass is 9.76. The van der Waals surface area contributed by atoms with Crippen molar-refractivity contribution in [2.24, 2.45) is 11.3 Å². The molecule has 1 rings (SSSR count). The number of halogens is 1. The van der Waals surface area contributed by atoms with E-state index in [1.807, 2.05) is 0 Å². The molecule has 0 unspecified atom stereocenters. The van der Waals surface area contributed by atoms with E-state index in [9.17, 15) is 0 Å². The first-order valence-electron chi connectivity index (χ1n) is 4.43. The van der Waals surface area contributed by atoms with Crippen LogP contribution >= 0.6 is 22.6 Å². The summed E-state index contributed by atoms with van der Waals surface area (Å²) in [6, 6.07) is 0. The van der Waals surface area contributed by atoms with E-state index in [1.165, 1.54) is 30.4 Å². The third-order valence-corrected chi connectivity index (χ3v) is 4.75. The van der Waals surface area contributed by atoms with E-state index < -0.39 is 0 Å². The van der Waals surface area contributed by atoms with E-state index in [0.717, 1.165) is 5.92 Å². The molecule has 0 aliphatic carbocycles. The van der Waals surface area contributed by atoms with Gasteiger partial charge in [-0.05, 0) is 37.3 Å². The maximum absolute atomic E-state index is 3.41. The molecule has 1 aliphatic heterocycles. The Balaban J connectivity index is 2.43. The SMILES string of the molecule is CC(C)(CI)C1CCNCC1. The Morgan fingerprint density at radius 1 is 1.36 bits per heavy atom. The molecule has 0 aromatic carbocycles. The lowest BCUT2D eigenvalue weighted by Crippen LogP contribution is -2.36. The summed E-state index contributed by atoms with van der Waals surface area (Å²) in [7, 11) is 0. The van der Waals surface area contributed by atoms with Gasteiger partial charge in [0.05, 0.1) is 0 Å². The van der Waals surface area contributed by atoms with E-state index in [-0.39, 0.29) is 0 Å². The highest BCUT2D eigenvalue weighted by molar-refractivity contribution is 14.1. The minimum atomic E-state index is 0.558. The third-order valence-electron chi connectivity index (χ3n) is 2.79. The van der Waals surface area contributed by atoms with E-state index in [0.29, 0.717) is 5.41 Å². The van der Waals surface area contributed by atoms with E-state index in [1.54, 1.807) is 0 Å².